The van der Waals surface area contributed by atoms with Crippen LogP contribution in [0, 0.1) is 0 Å². The van der Waals surface area contributed by atoms with E-state index < -0.39 is 5.97 Å². The normalized spacial score (nSPS) is 15.3. The van der Waals surface area contributed by atoms with E-state index in [9.17, 15) is 4.79 Å². The third-order valence-corrected chi connectivity index (χ3v) is 2.68. The number of morpholine rings is 1. The highest BCUT2D eigenvalue weighted by atomic mass is 35.5. The highest BCUT2D eigenvalue weighted by Crippen LogP contribution is 2.09. The van der Waals surface area contributed by atoms with Gasteiger partial charge in [-0.15, -0.1) is 12.4 Å². The van der Waals surface area contributed by atoms with Crippen molar-refractivity contribution in [3.05, 3.63) is 35.4 Å². The number of ether oxygens (including phenoxy) is 1. The fourth-order valence-electron chi connectivity index (χ4n) is 1.82. The summed E-state index contributed by atoms with van der Waals surface area (Å²) in [6.45, 7) is 4.15. The van der Waals surface area contributed by atoms with E-state index in [1.54, 1.807) is 18.2 Å². The van der Waals surface area contributed by atoms with Gasteiger partial charge in [0.1, 0.15) is 0 Å². The molecule has 1 aliphatic heterocycles. The Hall–Kier alpha value is -1.14. The Kier molecular flexibility index (Phi) is 7.54. The Morgan fingerprint density at radius 2 is 2.00 bits per heavy atom. The van der Waals surface area contributed by atoms with Gasteiger partial charge in [-0.05, 0) is 17.7 Å². The summed E-state index contributed by atoms with van der Waals surface area (Å²) in [5, 5.41) is 8.88. The van der Waals surface area contributed by atoms with Crippen LogP contribution in [-0.2, 0) is 11.3 Å². The summed E-state index contributed by atoms with van der Waals surface area (Å²) in [6, 6.07) is 7.10. The highest BCUT2D eigenvalue weighted by Gasteiger charge is 2.11. The van der Waals surface area contributed by atoms with Gasteiger partial charge in [0.05, 0.1) is 18.8 Å². The monoisotopic (exact) mass is 275 g/mol. The van der Waals surface area contributed by atoms with Crippen molar-refractivity contribution in [2.45, 2.75) is 6.54 Å². The number of carboxylic acids is 1. The van der Waals surface area contributed by atoms with E-state index in [2.05, 4.69) is 4.90 Å². The largest absolute Gasteiger partial charge is 0.478 e. The number of aromatic carboxylic acids is 1. The zero-order chi connectivity index (χ0) is 11.4. The van der Waals surface area contributed by atoms with Gasteiger partial charge in [0.25, 0.3) is 0 Å². The lowest BCUT2D eigenvalue weighted by Gasteiger charge is -2.26. The lowest BCUT2D eigenvalue weighted by molar-refractivity contribution is 0.0341. The molecule has 0 radical (unpaired) electrons. The highest BCUT2D eigenvalue weighted by molar-refractivity contribution is 5.87. The second-order valence-electron chi connectivity index (χ2n) is 3.89. The van der Waals surface area contributed by atoms with Crippen LogP contribution < -0.4 is 0 Å². The SMILES string of the molecule is Cl.O.O=C(O)c1cccc(CN2CCOCC2)c1. The van der Waals surface area contributed by atoms with Crippen LogP contribution in [0.5, 0.6) is 0 Å². The van der Waals surface area contributed by atoms with Gasteiger partial charge in [0.2, 0.25) is 0 Å². The minimum atomic E-state index is -0.871. The predicted octanol–water partition coefficient (Wildman–Crippen LogP) is 0.814. The minimum Gasteiger partial charge on any atom is -0.478 e. The Labute approximate surface area is 112 Å². The van der Waals surface area contributed by atoms with E-state index in [4.69, 9.17) is 9.84 Å². The van der Waals surface area contributed by atoms with E-state index in [0.29, 0.717) is 5.56 Å². The summed E-state index contributed by atoms with van der Waals surface area (Å²) in [6.07, 6.45) is 0. The van der Waals surface area contributed by atoms with Gasteiger partial charge in [-0.2, -0.15) is 0 Å². The first kappa shape index (κ1) is 16.9. The molecule has 1 aromatic rings. The van der Waals surface area contributed by atoms with Crippen molar-refractivity contribution in [3.63, 3.8) is 0 Å². The molecule has 1 aromatic carbocycles. The summed E-state index contributed by atoms with van der Waals surface area (Å²) in [5.41, 5.74) is 1.40. The number of carbonyl (C=O) groups is 1. The van der Waals surface area contributed by atoms with E-state index in [0.717, 1.165) is 38.4 Å². The molecule has 0 amide bonds. The Morgan fingerprint density at radius 1 is 1.33 bits per heavy atom. The first-order chi connectivity index (χ1) is 7.75. The van der Waals surface area contributed by atoms with Crippen LogP contribution in [0.15, 0.2) is 24.3 Å². The smallest absolute Gasteiger partial charge is 0.335 e. The fourth-order valence-corrected chi connectivity index (χ4v) is 1.82. The summed E-state index contributed by atoms with van der Waals surface area (Å²) in [4.78, 5) is 13.1. The van der Waals surface area contributed by atoms with Crippen molar-refractivity contribution in [2.24, 2.45) is 0 Å². The average molecular weight is 276 g/mol. The van der Waals surface area contributed by atoms with Gasteiger partial charge in [-0.3, -0.25) is 4.90 Å². The summed E-state index contributed by atoms with van der Waals surface area (Å²) >= 11 is 0. The topological polar surface area (TPSA) is 81.3 Å². The van der Waals surface area contributed by atoms with Crippen molar-refractivity contribution in [1.82, 2.24) is 4.90 Å². The van der Waals surface area contributed by atoms with Crippen LogP contribution >= 0.6 is 12.4 Å². The van der Waals surface area contributed by atoms with Gasteiger partial charge < -0.3 is 15.3 Å². The first-order valence-electron chi connectivity index (χ1n) is 5.38. The second-order valence-corrected chi connectivity index (χ2v) is 3.89. The van der Waals surface area contributed by atoms with Crippen LogP contribution in [0.2, 0.25) is 0 Å². The lowest BCUT2D eigenvalue weighted by Crippen LogP contribution is -2.35. The third-order valence-electron chi connectivity index (χ3n) is 2.68. The van der Waals surface area contributed by atoms with Crippen molar-refractivity contribution < 1.29 is 20.1 Å². The van der Waals surface area contributed by atoms with Crippen LogP contribution in [0.3, 0.4) is 0 Å². The average Bonchev–Trinajstić information content (AvgIpc) is 2.30. The molecule has 6 heteroatoms. The molecule has 0 atom stereocenters. The van der Waals surface area contributed by atoms with Gasteiger partial charge in [0.15, 0.2) is 0 Å². The van der Waals surface area contributed by atoms with Crippen LogP contribution in [0.25, 0.3) is 0 Å². The number of nitrogens with zero attached hydrogens (tertiary/aromatic N) is 1. The summed E-state index contributed by atoms with van der Waals surface area (Å²) in [7, 11) is 0. The molecule has 0 aliphatic carbocycles. The number of halogens is 1. The Morgan fingerprint density at radius 3 is 2.61 bits per heavy atom. The van der Waals surface area contributed by atoms with E-state index in [1.807, 2.05) is 6.07 Å². The van der Waals surface area contributed by atoms with Crippen LogP contribution in [0.4, 0.5) is 0 Å². The van der Waals surface area contributed by atoms with Gasteiger partial charge >= 0.3 is 5.97 Å². The quantitative estimate of drug-likeness (QED) is 0.885. The second kappa shape index (κ2) is 8.05. The molecule has 18 heavy (non-hydrogen) atoms. The lowest BCUT2D eigenvalue weighted by atomic mass is 10.1. The van der Waals surface area contributed by atoms with Crippen LogP contribution in [0.1, 0.15) is 15.9 Å². The standard InChI is InChI=1S/C12H15NO3.ClH.H2O/c14-12(15)11-3-1-2-10(8-11)9-13-4-6-16-7-5-13;;/h1-3,8H,4-7,9H2,(H,14,15);1H;1H2. The maximum absolute atomic E-state index is 10.8. The molecule has 0 unspecified atom stereocenters. The molecular weight excluding hydrogens is 258 g/mol. The van der Waals surface area contributed by atoms with Crippen molar-refractivity contribution in [2.75, 3.05) is 26.3 Å². The molecule has 1 saturated heterocycles. The molecule has 1 fully saturated rings. The molecule has 0 saturated carbocycles. The van der Waals surface area contributed by atoms with Gasteiger partial charge in [-0.1, -0.05) is 12.1 Å². The molecule has 102 valence electrons. The first-order valence-corrected chi connectivity index (χ1v) is 5.38. The fraction of sp³-hybridized carbons (Fsp3) is 0.417. The molecule has 3 N–H and O–H groups in total. The Balaban J connectivity index is 0.00000144. The molecule has 0 bridgehead atoms. The zero-order valence-corrected chi connectivity index (χ0v) is 10.8. The number of rotatable bonds is 3. The number of hydrogen-bond donors (Lipinski definition) is 1. The molecule has 1 aliphatic rings. The molecular formula is C12H18ClNO4. The van der Waals surface area contributed by atoms with E-state index in [1.165, 1.54) is 0 Å². The number of carboxylic acid groups (broad SMARTS) is 1. The molecule has 1 heterocycles. The zero-order valence-electron chi connectivity index (χ0n) is 9.96. The van der Waals surface area contributed by atoms with Crippen molar-refractivity contribution in [3.8, 4) is 0 Å². The molecule has 0 aromatic heterocycles. The van der Waals surface area contributed by atoms with E-state index >= 15 is 0 Å². The van der Waals surface area contributed by atoms with Gasteiger partial charge in [-0.25, -0.2) is 4.79 Å². The molecule has 2 rings (SSSR count). The summed E-state index contributed by atoms with van der Waals surface area (Å²) < 4.78 is 5.26. The predicted molar refractivity (Wildman–Crippen MR) is 70.4 cm³/mol. The third kappa shape index (κ3) is 4.62. The number of hydrogen-bond acceptors (Lipinski definition) is 3. The maximum atomic E-state index is 10.8. The minimum absolute atomic E-state index is 0. The molecule has 5 nitrogen and oxygen atoms in total. The van der Waals surface area contributed by atoms with Crippen molar-refractivity contribution >= 4 is 18.4 Å². The summed E-state index contributed by atoms with van der Waals surface area (Å²) in [5.74, 6) is -0.871. The number of benzene rings is 1. The maximum Gasteiger partial charge on any atom is 0.335 e. The van der Waals surface area contributed by atoms with E-state index in [-0.39, 0.29) is 17.9 Å². The van der Waals surface area contributed by atoms with Gasteiger partial charge in [0, 0.05) is 19.6 Å². The Bertz CT molecular complexity index is 380. The van der Waals surface area contributed by atoms with Crippen LogP contribution in [-0.4, -0.2) is 47.8 Å². The molecule has 0 spiro atoms. The van der Waals surface area contributed by atoms with Crippen molar-refractivity contribution in [1.29, 1.82) is 0 Å².